The van der Waals surface area contributed by atoms with Crippen LogP contribution in [0.3, 0.4) is 0 Å². The van der Waals surface area contributed by atoms with Crippen molar-refractivity contribution < 1.29 is 13.6 Å². The molecule has 0 unspecified atom stereocenters. The maximum absolute atomic E-state index is 13.5. The lowest BCUT2D eigenvalue weighted by atomic mass is 10.0. The molecule has 0 spiro atoms. The van der Waals surface area contributed by atoms with Crippen molar-refractivity contribution in [1.29, 1.82) is 0 Å². The summed E-state index contributed by atoms with van der Waals surface area (Å²) in [5, 5.41) is 0.604. The zero-order valence-electron chi connectivity index (χ0n) is 10.1. The van der Waals surface area contributed by atoms with E-state index in [-0.39, 0.29) is 21.6 Å². The van der Waals surface area contributed by atoms with Crippen LogP contribution < -0.4 is 0 Å². The summed E-state index contributed by atoms with van der Waals surface area (Å²) in [5.74, 6) is -1.21. The Morgan fingerprint density at radius 1 is 1.10 bits per heavy atom. The molecule has 0 amide bonds. The average molecular weight is 336 g/mol. The molecule has 0 radical (unpaired) electrons. The summed E-state index contributed by atoms with van der Waals surface area (Å²) < 4.78 is 26.7. The molecular formula is C15H8BrF2NO. The number of hydrogen-bond acceptors (Lipinski definition) is 1. The van der Waals surface area contributed by atoms with Gasteiger partial charge in [0.15, 0.2) is 5.78 Å². The van der Waals surface area contributed by atoms with Crippen LogP contribution in [0, 0.1) is 11.6 Å². The Balaban J connectivity index is 2.16. The number of ketones is 1. The molecule has 3 rings (SSSR count). The molecule has 0 bridgehead atoms. The molecule has 1 N–H and O–H groups in total. The summed E-state index contributed by atoms with van der Waals surface area (Å²) in [6.07, 6.45) is 1.50. The first kappa shape index (κ1) is 13.0. The number of nitrogens with one attached hydrogen (secondary N) is 1. The van der Waals surface area contributed by atoms with Crippen LogP contribution in [0.15, 0.2) is 47.1 Å². The van der Waals surface area contributed by atoms with E-state index < -0.39 is 5.82 Å². The first-order valence-electron chi connectivity index (χ1n) is 5.83. The third-order valence-electron chi connectivity index (χ3n) is 3.08. The Hall–Kier alpha value is -2.01. The molecule has 2 nitrogen and oxygen atoms in total. The fourth-order valence-electron chi connectivity index (χ4n) is 2.11. The Bertz CT molecular complexity index is 826. The van der Waals surface area contributed by atoms with E-state index in [2.05, 4.69) is 20.9 Å². The molecule has 0 aliphatic carbocycles. The summed E-state index contributed by atoms with van der Waals surface area (Å²) in [6, 6.07) is 8.41. The molecule has 2 aromatic carbocycles. The number of carbonyl (C=O) groups excluding carboxylic acids is 1. The Morgan fingerprint density at radius 2 is 1.90 bits per heavy atom. The lowest BCUT2D eigenvalue weighted by Gasteiger charge is -2.03. The molecule has 100 valence electrons. The van der Waals surface area contributed by atoms with Gasteiger partial charge in [-0.1, -0.05) is 6.07 Å². The smallest absolute Gasteiger partial charge is 0.196 e. The van der Waals surface area contributed by atoms with Gasteiger partial charge < -0.3 is 4.98 Å². The molecular weight excluding hydrogens is 328 g/mol. The fraction of sp³-hybridized carbons (Fsp3) is 0. The van der Waals surface area contributed by atoms with Crippen LogP contribution >= 0.6 is 15.9 Å². The zero-order chi connectivity index (χ0) is 14.3. The minimum atomic E-state index is -0.498. The van der Waals surface area contributed by atoms with Crippen LogP contribution in [0.2, 0.25) is 0 Å². The number of hydrogen-bond donors (Lipinski definition) is 1. The number of aromatic amines is 1. The van der Waals surface area contributed by atoms with Crippen molar-refractivity contribution in [2.24, 2.45) is 0 Å². The normalized spacial score (nSPS) is 10.9. The molecule has 0 aliphatic rings. The van der Waals surface area contributed by atoms with Gasteiger partial charge in [0.1, 0.15) is 11.6 Å². The maximum atomic E-state index is 13.5. The fourth-order valence-corrected chi connectivity index (χ4v) is 2.55. The second-order valence-corrected chi connectivity index (χ2v) is 5.12. The maximum Gasteiger partial charge on any atom is 0.196 e. The Kier molecular flexibility index (Phi) is 3.14. The third kappa shape index (κ3) is 2.04. The zero-order valence-corrected chi connectivity index (χ0v) is 11.7. The van der Waals surface area contributed by atoms with Crippen LogP contribution in [0.1, 0.15) is 15.9 Å². The first-order chi connectivity index (χ1) is 9.58. The van der Waals surface area contributed by atoms with Gasteiger partial charge in [-0.2, -0.15) is 0 Å². The number of aromatic nitrogens is 1. The second kappa shape index (κ2) is 4.83. The van der Waals surface area contributed by atoms with Crippen LogP contribution in [0.25, 0.3) is 10.9 Å². The quantitative estimate of drug-likeness (QED) is 0.690. The minimum absolute atomic E-state index is 0.126. The van der Waals surface area contributed by atoms with Crippen LogP contribution in [0.5, 0.6) is 0 Å². The molecule has 0 saturated heterocycles. The van der Waals surface area contributed by atoms with Crippen molar-refractivity contribution in [2.45, 2.75) is 0 Å². The highest BCUT2D eigenvalue weighted by atomic mass is 79.9. The molecule has 0 atom stereocenters. The van der Waals surface area contributed by atoms with Crippen molar-refractivity contribution in [2.75, 3.05) is 0 Å². The van der Waals surface area contributed by atoms with E-state index >= 15 is 0 Å². The number of fused-ring (bicyclic) bond motifs is 1. The summed E-state index contributed by atoms with van der Waals surface area (Å²) in [4.78, 5) is 15.3. The van der Waals surface area contributed by atoms with E-state index in [1.54, 1.807) is 0 Å². The molecule has 3 aromatic rings. The number of carbonyl (C=O) groups is 1. The summed E-state index contributed by atoms with van der Waals surface area (Å²) in [6.45, 7) is 0. The van der Waals surface area contributed by atoms with Crippen LogP contribution in [0.4, 0.5) is 8.78 Å². The largest absolute Gasteiger partial charge is 0.360 e. The monoisotopic (exact) mass is 335 g/mol. The van der Waals surface area contributed by atoms with Gasteiger partial charge in [-0.3, -0.25) is 4.79 Å². The SMILES string of the molecule is O=C(c1cccc(F)c1Br)c1c[nH]c2cc(F)ccc12. The van der Waals surface area contributed by atoms with E-state index in [0.717, 1.165) is 0 Å². The van der Waals surface area contributed by atoms with Gasteiger partial charge in [-0.15, -0.1) is 0 Å². The molecule has 1 heterocycles. The number of H-pyrrole nitrogens is 1. The second-order valence-electron chi connectivity index (χ2n) is 4.32. The number of benzene rings is 2. The summed E-state index contributed by atoms with van der Waals surface area (Å²) in [7, 11) is 0. The van der Waals surface area contributed by atoms with E-state index in [1.807, 2.05) is 0 Å². The lowest BCUT2D eigenvalue weighted by Crippen LogP contribution is -2.02. The average Bonchev–Trinajstić information content (AvgIpc) is 2.84. The van der Waals surface area contributed by atoms with Crippen molar-refractivity contribution in [3.05, 3.63) is 69.8 Å². The topological polar surface area (TPSA) is 32.9 Å². The number of halogens is 3. The molecule has 0 aliphatic heterocycles. The molecule has 0 fully saturated rings. The van der Waals surface area contributed by atoms with E-state index in [4.69, 9.17) is 0 Å². The van der Waals surface area contributed by atoms with Gasteiger partial charge in [0.2, 0.25) is 0 Å². The van der Waals surface area contributed by atoms with E-state index in [0.29, 0.717) is 16.5 Å². The van der Waals surface area contributed by atoms with Crippen LogP contribution in [-0.2, 0) is 0 Å². The highest BCUT2D eigenvalue weighted by molar-refractivity contribution is 9.10. The van der Waals surface area contributed by atoms with Crippen LogP contribution in [-0.4, -0.2) is 10.8 Å². The minimum Gasteiger partial charge on any atom is -0.360 e. The highest BCUT2D eigenvalue weighted by Crippen LogP contribution is 2.26. The van der Waals surface area contributed by atoms with Gasteiger partial charge in [-0.25, -0.2) is 8.78 Å². The summed E-state index contributed by atoms with van der Waals surface area (Å²) >= 11 is 3.08. The number of rotatable bonds is 2. The Labute approximate surface area is 121 Å². The van der Waals surface area contributed by atoms with Gasteiger partial charge in [0.05, 0.1) is 4.47 Å². The Morgan fingerprint density at radius 3 is 2.70 bits per heavy atom. The third-order valence-corrected chi connectivity index (χ3v) is 3.89. The first-order valence-corrected chi connectivity index (χ1v) is 6.62. The van der Waals surface area contributed by atoms with Crippen molar-refractivity contribution in [3.63, 3.8) is 0 Å². The van der Waals surface area contributed by atoms with Crippen molar-refractivity contribution in [3.8, 4) is 0 Å². The van der Waals surface area contributed by atoms with Gasteiger partial charge in [0.25, 0.3) is 0 Å². The predicted octanol–water partition coefficient (Wildman–Crippen LogP) is 4.44. The van der Waals surface area contributed by atoms with E-state index in [1.165, 1.54) is 42.6 Å². The summed E-state index contributed by atoms with van der Waals surface area (Å²) in [5.41, 5.74) is 1.14. The highest BCUT2D eigenvalue weighted by Gasteiger charge is 2.18. The van der Waals surface area contributed by atoms with Gasteiger partial charge in [0, 0.05) is 28.2 Å². The van der Waals surface area contributed by atoms with Gasteiger partial charge >= 0.3 is 0 Å². The predicted molar refractivity (Wildman–Crippen MR) is 75.8 cm³/mol. The van der Waals surface area contributed by atoms with Gasteiger partial charge in [-0.05, 0) is 46.3 Å². The lowest BCUT2D eigenvalue weighted by molar-refractivity contribution is 0.103. The molecule has 1 aromatic heterocycles. The van der Waals surface area contributed by atoms with E-state index in [9.17, 15) is 13.6 Å². The standard InChI is InChI=1S/C15H8BrF2NO/c16-14-10(2-1-3-12(14)18)15(20)11-7-19-13-6-8(17)4-5-9(11)13/h1-7,19H. The molecule has 20 heavy (non-hydrogen) atoms. The molecule has 0 saturated carbocycles. The van der Waals surface area contributed by atoms with Crippen molar-refractivity contribution in [1.82, 2.24) is 4.98 Å². The van der Waals surface area contributed by atoms with Crippen molar-refractivity contribution >= 4 is 32.6 Å². The molecule has 5 heteroatoms.